The van der Waals surface area contributed by atoms with Gasteiger partial charge in [-0.25, -0.2) is 15.0 Å². The molecule has 1 aliphatic rings. The van der Waals surface area contributed by atoms with Gasteiger partial charge in [0.05, 0.1) is 11.6 Å². The van der Waals surface area contributed by atoms with Crippen LogP contribution >= 0.6 is 0 Å². The highest BCUT2D eigenvalue weighted by Gasteiger charge is 2.26. The third-order valence-corrected chi connectivity index (χ3v) is 11.3. The molecule has 0 aliphatic heterocycles. The first-order valence-corrected chi connectivity index (χ1v) is 19.4. The fraction of sp³-hybridized carbons (Fsp3) is 0. The maximum atomic E-state index is 9.59. The lowest BCUT2D eigenvalue weighted by molar-refractivity contribution is 1.08. The highest BCUT2D eigenvalue weighted by molar-refractivity contribution is 6.24. The Morgan fingerprint density at radius 1 is 0.293 bits per heavy atom. The van der Waals surface area contributed by atoms with Crippen LogP contribution in [0.15, 0.2) is 194 Å². The summed E-state index contributed by atoms with van der Waals surface area (Å²) in [5, 5.41) is 14.2. The Bertz CT molecular complexity index is 3240. The van der Waals surface area contributed by atoms with Crippen molar-refractivity contribution in [2.24, 2.45) is 0 Å². The maximum Gasteiger partial charge on any atom is 0.164 e. The third-order valence-electron chi connectivity index (χ3n) is 11.3. The largest absolute Gasteiger partial charge is 0.208 e. The molecule has 58 heavy (non-hydrogen) atoms. The van der Waals surface area contributed by atoms with Crippen molar-refractivity contribution in [3.63, 3.8) is 0 Å². The predicted octanol–water partition coefficient (Wildman–Crippen LogP) is 13.7. The molecule has 0 radical (unpaired) electrons. The zero-order valence-corrected chi connectivity index (χ0v) is 31.3. The van der Waals surface area contributed by atoms with Gasteiger partial charge >= 0.3 is 0 Å². The summed E-state index contributed by atoms with van der Waals surface area (Å²) < 4.78 is 0. The molecule has 0 N–H and O–H groups in total. The third kappa shape index (κ3) is 5.49. The number of fused-ring (bicyclic) bond motifs is 4. The van der Waals surface area contributed by atoms with Gasteiger partial charge in [0.2, 0.25) is 0 Å². The van der Waals surface area contributed by atoms with E-state index in [-0.39, 0.29) is 0 Å². The molecule has 0 unspecified atom stereocenters. The van der Waals surface area contributed by atoms with Crippen molar-refractivity contribution in [3.05, 3.63) is 200 Å². The summed E-state index contributed by atoms with van der Waals surface area (Å²) in [6.45, 7) is 0. The van der Waals surface area contributed by atoms with E-state index in [4.69, 9.17) is 15.0 Å². The van der Waals surface area contributed by atoms with Crippen LogP contribution in [0, 0.1) is 11.3 Å². The minimum Gasteiger partial charge on any atom is -0.208 e. The Balaban J connectivity index is 1.13. The molecule has 0 amide bonds. The van der Waals surface area contributed by atoms with E-state index in [1.165, 1.54) is 33.0 Å². The lowest BCUT2D eigenvalue weighted by Crippen LogP contribution is -2.01. The molecule has 0 spiro atoms. The first-order valence-electron chi connectivity index (χ1n) is 19.4. The summed E-state index contributed by atoms with van der Waals surface area (Å²) in [5.41, 5.74) is 15.1. The Morgan fingerprint density at radius 2 is 0.759 bits per heavy atom. The quantitative estimate of drug-likeness (QED) is 0.170. The van der Waals surface area contributed by atoms with E-state index < -0.39 is 0 Å². The Labute approximate surface area is 336 Å². The van der Waals surface area contributed by atoms with Crippen molar-refractivity contribution in [1.82, 2.24) is 15.0 Å². The Morgan fingerprint density at radius 3 is 1.43 bits per heavy atom. The molecule has 0 saturated carbocycles. The van der Waals surface area contributed by atoms with Crippen LogP contribution in [0.3, 0.4) is 0 Å². The van der Waals surface area contributed by atoms with Gasteiger partial charge in [0.15, 0.2) is 17.5 Å². The SMILES string of the molecule is N#Cc1ccc(-c2ccc3c4c(ccc(-c5ccc(-c6nc(-c7ccccc7)nc(-c7cccc(-c8ccccc8)c7)n6)c6ccccc56)c24)-c2ccccc2-3)cc1. The van der Waals surface area contributed by atoms with Crippen LogP contribution in [0.1, 0.15) is 5.56 Å². The van der Waals surface area contributed by atoms with Crippen LogP contribution in [0.4, 0.5) is 0 Å². The molecule has 0 atom stereocenters. The average molecular weight is 737 g/mol. The number of aromatic nitrogens is 3. The van der Waals surface area contributed by atoms with Crippen molar-refractivity contribution in [2.75, 3.05) is 0 Å². The topological polar surface area (TPSA) is 62.5 Å². The summed E-state index contributed by atoms with van der Waals surface area (Å²) >= 11 is 0. The number of nitriles is 1. The van der Waals surface area contributed by atoms with E-state index in [0.29, 0.717) is 23.0 Å². The van der Waals surface area contributed by atoms with E-state index >= 15 is 0 Å². The lowest BCUT2D eigenvalue weighted by atomic mass is 9.86. The summed E-state index contributed by atoms with van der Waals surface area (Å²) in [7, 11) is 0. The normalized spacial score (nSPS) is 11.4. The van der Waals surface area contributed by atoms with E-state index in [1.54, 1.807) is 0 Å². The zero-order valence-electron chi connectivity index (χ0n) is 31.3. The van der Waals surface area contributed by atoms with E-state index in [1.807, 2.05) is 48.5 Å². The standard InChI is InChI=1S/C54H32N4/c55-33-34-22-24-36(25-23-34)40-26-28-46-42-19-8-9-20-43(42)47-29-30-48(50(40)51(46)47)45-27-31-49(44-21-10-7-18-41(44)45)54-57-52(37-14-5-2-6-15-37)56-53(58-54)39-17-11-16-38(32-39)35-12-3-1-4-13-35/h1-32H. The van der Waals surface area contributed by atoms with Crippen molar-refractivity contribution < 1.29 is 0 Å². The molecule has 1 aromatic heterocycles. The number of hydrogen-bond acceptors (Lipinski definition) is 4. The van der Waals surface area contributed by atoms with Crippen LogP contribution in [0.25, 0.3) is 111 Å². The molecule has 10 aromatic rings. The van der Waals surface area contributed by atoms with Crippen LogP contribution in [0.5, 0.6) is 0 Å². The van der Waals surface area contributed by atoms with Crippen molar-refractivity contribution in [3.8, 4) is 95.9 Å². The van der Waals surface area contributed by atoms with Gasteiger partial charge in [-0.05, 0) is 101 Å². The second-order valence-electron chi connectivity index (χ2n) is 14.6. The smallest absolute Gasteiger partial charge is 0.164 e. The summed E-state index contributed by atoms with van der Waals surface area (Å²) in [6, 6.07) is 69.9. The highest BCUT2D eigenvalue weighted by Crippen LogP contribution is 2.52. The summed E-state index contributed by atoms with van der Waals surface area (Å²) in [5.74, 6) is 1.86. The van der Waals surface area contributed by atoms with Crippen molar-refractivity contribution >= 4 is 21.5 Å². The fourth-order valence-corrected chi connectivity index (χ4v) is 8.63. The van der Waals surface area contributed by atoms with Crippen LogP contribution in [0.2, 0.25) is 0 Å². The van der Waals surface area contributed by atoms with Gasteiger partial charge < -0.3 is 0 Å². The maximum absolute atomic E-state index is 9.59. The average Bonchev–Trinajstić information content (AvgIpc) is 3.64. The number of nitrogens with zero attached hydrogens (tertiary/aromatic N) is 4. The first kappa shape index (κ1) is 33.3. The minimum atomic E-state index is 0.617. The van der Waals surface area contributed by atoms with Crippen molar-refractivity contribution in [2.45, 2.75) is 0 Å². The summed E-state index contributed by atoms with van der Waals surface area (Å²) in [6.07, 6.45) is 0. The molecule has 11 rings (SSSR count). The molecule has 1 aliphatic carbocycles. The van der Waals surface area contributed by atoms with Crippen LogP contribution < -0.4 is 0 Å². The number of rotatable bonds is 6. The molecule has 0 saturated heterocycles. The molecule has 9 aromatic carbocycles. The van der Waals surface area contributed by atoms with Crippen LogP contribution in [-0.4, -0.2) is 15.0 Å². The van der Waals surface area contributed by atoms with Crippen LogP contribution in [-0.2, 0) is 0 Å². The van der Waals surface area contributed by atoms with Gasteiger partial charge in [0.1, 0.15) is 0 Å². The molecule has 4 nitrogen and oxygen atoms in total. The van der Waals surface area contributed by atoms with Gasteiger partial charge in [-0.15, -0.1) is 0 Å². The monoisotopic (exact) mass is 736 g/mol. The zero-order chi connectivity index (χ0) is 38.6. The van der Waals surface area contributed by atoms with E-state index in [9.17, 15) is 5.26 Å². The lowest BCUT2D eigenvalue weighted by Gasteiger charge is -2.17. The number of hydrogen-bond donors (Lipinski definition) is 0. The Hall–Kier alpha value is -8.00. The van der Waals surface area contributed by atoms with Gasteiger partial charge in [-0.3, -0.25) is 0 Å². The molecule has 0 fully saturated rings. The van der Waals surface area contributed by atoms with Gasteiger partial charge in [-0.1, -0.05) is 170 Å². The van der Waals surface area contributed by atoms with Gasteiger partial charge in [0, 0.05) is 16.7 Å². The predicted molar refractivity (Wildman–Crippen MR) is 237 cm³/mol. The Kier molecular flexibility index (Phi) is 7.84. The number of benzene rings is 9. The van der Waals surface area contributed by atoms with E-state index in [2.05, 4.69) is 152 Å². The highest BCUT2D eigenvalue weighted by atomic mass is 15.0. The molecular weight excluding hydrogens is 705 g/mol. The molecular formula is C54H32N4. The summed E-state index contributed by atoms with van der Waals surface area (Å²) in [4.78, 5) is 15.4. The molecule has 1 heterocycles. The molecule has 0 bridgehead atoms. The fourth-order valence-electron chi connectivity index (χ4n) is 8.63. The van der Waals surface area contributed by atoms with Gasteiger partial charge in [-0.2, -0.15) is 5.26 Å². The first-order chi connectivity index (χ1) is 28.7. The van der Waals surface area contributed by atoms with Crippen molar-refractivity contribution in [1.29, 1.82) is 5.26 Å². The molecule has 4 heteroatoms. The second kappa shape index (κ2) is 13.6. The van der Waals surface area contributed by atoms with Gasteiger partial charge in [0.25, 0.3) is 0 Å². The molecule has 268 valence electrons. The van der Waals surface area contributed by atoms with E-state index in [0.717, 1.165) is 60.8 Å². The second-order valence-corrected chi connectivity index (χ2v) is 14.6. The minimum absolute atomic E-state index is 0.617.